The second kappa shape index (κ2) is 9.39. The van der Waals surface area contributed by atoms with E-state index in [1.54, 1.807) is 26.5 Å². The Morgan fingerprint density at radius 2 is 2.00 bits per heavy atom. The summed E-state index contributed by atoms with van der Waals surface area (Å²) < 4.78 is 16.7. The number of methoxy groups -OCH3 is 2. The topological polar surface area (TPSA) is 69.7 Å². The molecule has 2 aromatic rings. The minimum Gasteiger partial charge on any atom is -0.493 e. The van der Waals surface area contributed by atoms with E-state index in [9.17, 15) is 4.79 Å². The van der Waals surface area contributed by atoms with Gasteiger partial charge in [-0.3, -0.25) is 9.78 Å². The van der Waals surface area contributed by atoms with Crippen molar-refractivity contribution in [3.63, 3.8) is 0 Å². The van der Waals surface area contributed by atoms with Crippen LogP contribution < -0.4 is 14.8 Å². The van der Waals surface area contributed by atoms with Crippen LogP contribution >= 0.6 is 15.9 Å². The first-order valence-corrected chi connectivity index (χ1v) is 8.55. The zero-order chi connectivity index (χ0) is 18.2. The molecule has 0 aliphatic rings. The number of carbonyl (C=O) groups is 1. The summed E-state index contributed by atoms with van der Waals surface area (Å²) in [5, 5.41) is 2.95. The molecule has 0 unspecified atom stereocenters. The molecule has 25 heavy (non-hydrogen) atoms. The first-order valence-electron chi connectivity index (χ1n) is 7.76. The Morgan fingerprint density at radius 1 is 1.20 bits per heavy atom. The number of nitrogens with one attached hydrogen (secondary N) is 1. The number of hydrogen-bond acceptors (Lipinski definition) is 5. The van der Waals surface area contributed by atoms with E-state index in [4.69, 9.17) is 14.2 Å². The van der Waals surface area contributed by atoms with Crippen LogP contribution in [0.3, 0.4) is 0 Å². The Hall–Kier alpha value is -2.12. The quantitative estimate of drug-likeness (QED) is 0.678. The van der Waals surface area contributed by atoms with Crippen LogP contribution in [0.25, 0.3) is 0 Å². The molecule has 7 heteroatoms. The number of benzene rings is 1. The maximum atomic E-state index is 12.3. The van der Waals surface area contributed by atoms with Crippen molar-refractivity contribution in [2.45, 2.75) is 13.0 Å². The molecule has 1 amide bonds. The maximum Gasteiger partial charge on any atom is 0.253 e. The number of ether oxygens (including phenoxy) is 3. The van der Waals surface area contributed by atoms with Gasteiger partial charge in [0.1, 0.15) is 6.61 Å². The van der Waals surface area contributed by atoms with E-state index in [-0.39, 0.29) is 11.9 Å². The number of aromatic nitrogens is 1. The lowest BCUT2D eigenvalue weighted by atomic mass is 10.1. The molecule has 0 bridgehead atoms. The summed E-state index contributed by atoms with van der Waals surface area (Å²) in [6, 6.07) is 7.10. The molecule has 1 N–H and O–H groups in total. The van der Waals surface area contributed by atoms with E-state index in [0.717, 1.165) is 10.0 Å². The summed E-state index contributed by atoms with van der Waals surface area (Å²) in [5.41, 5.74) is 1.40. The number of carbonyl (C=O) groups excluding carboxylic acids is 1. The van der Waals surface area contributed by atoms with Crippen molar-refractivity contribution in [3.8, 4) is 11.5 Å². The summed E-state index contributed by atoms with van der Waals surface area (Å²) in [7, 11) is 3.20. The van der Waals surface area contributed by atoms with E-state index >= 15 is 0 Å². The van der Waals surface area contributed by atoms with Crippen LogP contribution in [-0.2, 0) is 4.74 Å². The van der Waals surface area contributed by atoms with E-state index in [0.29, 0.717) is 30.3 Å². The van der Waals surface area contributed by atoms with Gasteiger partial charge >= 0.3 is 0 Å². The molecule has 0 saturated heterocycles. The molecule has 0 aliphatic heterocycles. The van der Waals surface area contributed by atoms with Gasteiger partial charge in [0.25, 0.3) is 5.91 Å². The standard InChI is InChI=1S/C18H21BrN2O4/c1-12(21-18(22)14-8-15(19)11-20-10-14)13-4-5-16(17(9-13)24-3)25-7-6-23-2/h4-5,8-12H,6-7H2,1-3H3,(H,21,22)/t12-/m0/s1. The van der Waals surface area contributed by atoms with Crippen molar-refractivity contribution in [3.05, 3.63) is 52.3 Å². The first kappa shape index (κ1) is 19.2. The minimum absolute atomic E-state index is 0.194. The molecular weight excluding hydrogens is 388 g/mol. The van der Waals surface area contributed by atoms with Gasteiger partial charge in [-0.15, -0.1) is 0 Å². The molecule has 0 spiro atoms. The summed E-state index contributed by atoms with van der Waals surface area (Å²) in [6.45, 7) is 2.84. The molecule has 1 aromatic carbocycles. The largest absolute Gasteiger partial charge is 0.493 e. The molecule has 134 valence electrons. The van der Waals surface area contributed by atoms with Crippen LogP contribution in [-0.4, -0.2) is 38.3 Å². The van der Waals surface area contributed by atoms with Gasteiger partial charge in [-0.1, -0.05) is 6.07 Å². The zero-order valence-corrected chi connectivity index (χ0v) is 16.0. The predicted octanol–water partition coefficient (Wildman–Crippen LogP) is 3.37. The lowest BCUT2D eigenvalue weighted by Gasteiger charge is -2.17. The fourth-order valence-corrected chi connectivity index (χ4v) is 2.57. The fraction of sp³-hybridized carbons (Fsp3) is 0.333. The molecule has 1 atom stereocenters. The van der Waals surface area contributed by atoms with Gasteiger partial charge < -0.3 is 19.5 Å². The van der Waals surface area contributed by atoms with Crippen LogP contribution in [0.15, 0.2) is 41.1 Å². The van der Waals surface area contributed by atoms with E-state index in [2.05, 4.69) is 26.2 Å². The molecule has 1 aromatic heterocycles. The van der Waals surface area contributed by atoms with Crippen molar-refractivity contribution in [1.29, 1.82) is 0 Å². The number of nitrogens with zero attached hydrogens (tertiary/aromatic N) is 1. The Bertz CT molecular complexity index is 724. The summed E-state index contributed by atoms with van der Waals surface area (Å²) in [5.74, 6) is 1.05. The average molecular weight is 409 g/mol. The van der Waals surface area contributed by atoms with Crippen LogP contribution in [0.4, 0.5) is 0 Å². The van der Waals surface area contributed by atoms with Crippen LogP contribution in [0.1, 0.15) is 28.9 Å². The third kappa shape index (κ3) is 5.44. The van der Waals surface area contributed by atoms with Gasteiger partial charge in [0.2, 0.25) is 0 Å². The smallest absolute Gasteiger partial charge is 0.253 e. The highest BCUT2D eigenvalue weighted by molar-refractivity contribution is 9.10. The number of rotatable bonds is 8. The number of hydrogen-bond donors (Lipinski definition) is 1. The molecule has 0 fully saturated rings. The highest BCUT2D eigenvalue weighted by Crippen LogP contribution is 2.30. The molecule has 6 nitrogen and oxygen atoms in total. The second-order valence-corrected chi connectivity index (χ2v) is 6.25. The predicted molar refractivity (Wildman–Crippen MR) is 98.2 cm³/mol. The monoisotopic (exact) mass is 408 g/mol. The zero-order valence-electron chi connectivity index (χ0n) is 14.4. The highest BCUT2D eigenvalue weighted by Gasteiger charge is 2.14. The lowest BCUT2D eigenvalue weighted by molar-refractivity contribution is 0.0939. The third-order valence-corrected chi connectivity index (χ3v) is 3.98. The first-order chi connectivity index (χ1) is 12.0. The number of halogens is 1. The van der Waals surface area contributed by atoms with E-state index < -0.39 is 0 Å². The normalized spacial score (nSPS) is 11.7. The third-order valence-electron chi connectivity index (χ3n) is 3.55. The van der Waals surface area contributed by atoms with Gasteiger partial charge in [-0.25, -0.2) is 0 Å². The lowest BCUT2D eigenvalue weighted by Crippen LogP contribution is -2.26. The Kier molecular flexibility index (Phi) is 7.21. The van der Waals surface area contributed by atoms with Crippen LogP contribution in [0.5, 0.6) is 11.5 Å². The molecule has 0 aliphatic carbocycles. The minimum atomic E-state index is -0.201. The van der Waals surface area contributed by atoms with Crippen molar-refractivity contribution < 1.29 is 19.0 Å². The summed E-state index contributed by atoms with van der Waals surface area (Å²) in [4.78, 5) is 16.3. The van der Waals surface area contributed by atoms with Crippen molar-refractivity contribution in [2.24, 2.45) is 0 Å². The van der Waals surface area contributed by atoms with Gasteiger partial charge in [-0.2, -0.15) is 0 Å². The van der Waals surface area contributed by atoms with Crippen molar-refractivity contribution >= 4 is 21.8 Å². The van der Waals surface area contributed by atoms with E-state index in [1.807, 2.05) is 25.1 Å². The summed E-state index contributed by atoms with van der Waals surface area (Å²) in [6.07, 6.45) is 3.16. The van der Waals surface area contributed by atoms with Crippen molar-refractivity contribution in [2.75, 3.05) is 27.4 Å². The molecule has 2 rings (SSSR count). The fourth-order valence-electron chi connectivity index (χ4n) is 2.21. The van der Waals surface area contributed by atoms with Crippen LogP contribution in [0.2, 0.25) is 0 Å². The summed E-state index contributed by atoms with van der Waals surface area (Å²) >= 11 is 3.31. The molecule has 0 saturated carbocycles. The average Bonchev–Trinajstić information content (AvgIpc) is 2.62. The van der Waals surface area contributed by atoms with Gasteiger partial charge in [-0.05, 0) is 46.6 Å². The van der Waals surface area contributed by atoms with Crippen LogP contribution in [0, 0.1) is 0 Å². The molecular formula is C18H21BrN2O4. The van der Waals surface area contributed by atoms with Gasteiger partial charge in [0, 0.05) is 24.0 Å². The Morgan fingerprint density at radius 3 is 2.68 bits per heavy atom. The van der Waals surface area contributed by atoms with Crippen molar-refractivity contribution in [1.82, 2.24) is 10.3 Å². The maximum absolute atomic E-state index is 12.3. The molecule has 0 radical (unpaired) electrons. The molecule has 1 heterocycles. The number of amides is 1. The Labute approximate surface area is 155 Å². The highest BCUT2D eigenvalue weighted by atomic mass is 79.9. The SMILES string of the molecule is COCCOc1ccc([C@H](C)NC(=O)c2cncc(Br)c2)cc1OC. The van der Waals surface area contributed by atoms with Gasteiger partial charge in [0.05, 0.1) is 25.3 Å². The Balaban J connectivity index is 2.08. The number of pyridine rings is 1. The second-order valence-electron chi connectivity index (χ2n) is 5.34. The van der Waals surface area contributed by atoms with Gasteiger partial charge in [0.15, 0.2) is 11.5 Å². The van der Waals surface area contributed by atoms with E-state index in [1.165, 1.54) is 6.20 Å².